The van der Waals surface area contributed by atoms with Gasteiger partial charge in [-0.15, -0.1) is 0 Å². The fraction of sp³-hybridized carbons (Fsp3) is 0.0500. The van der Waals surface area contributed by atoms with Crippen LogP contribution in [0.1, 0.15) is 25.0 Å². The van der Waals surface area contributed by atoms with Gasteiger partial charge in [0.15, 0.2) is 17.5 Å². The zero-order chi connectivity index (χ0) is 43.2. The molecule has 3 heterocycles. The highest BCUT2D eigenvalue weighted by molar-refractivity contribution is 6.14. The Morgan fingerprint density at radius 2 is 0.954 bits per heavy atom. The Bertz CT molecular complexity index is 3880. The van der Waals surface area contributed by atoms with Gasteiger partial charge < -0.3 is 8.98 Å². The Morgan fingerprint density at radius 1 is 0.369 bits per heavy atom. The molecule has 0 fully saturated rings. The van der Waals surface area contributed by atoms with Gasteiger partial charge in [-0.1, -0.05) is 172 Å². The summed E-state index contributed by atoms with van der Waals surface area (Å²) in [6.07, 6.45) is 0. The first-order valence-corrected chi connectivity index (χ1v) is 22.2. The van der Waals surface area contributed by atoms with Crippen molar-refractivity contribution in [3.8, 4) is 73.2 Å². The van der Waals surface area contributed by atoms with Gasteiger partial charge in [-0.2, -0.15) is 0 Å². The molecule has 0 amide bonds. The predicted octanol–water partition coefficient (Wildman–Crippen LogP) is 15.5. The Kier molecular flexibility index (Phi) is 8.18. The van der Waals surface area contributed by atoms with E-state index < -0.39 is 0 Å². The number of fused-ring (bicyclic) bond motifs is 9. The van der Waals surface area contributed by atoms with Gasteiger partial charge in [0, 0.05) is 54.9 Å². The summed E-state index contributed by atoms with van der Waals surface area (Å²) in [5.41, 5.74) is 17.7. The summed E-state index contributed by atoms with van der Waals surface area (Å²) in [7, 11) is 0. The van der Waals surface area contributed by atoms with E-state index in [1.807, 2.05) is 54.6 Å². The summed E-state index contributed by atoms with van der Waals surface area (Å²) in [5.74, 6) is 1.78. The van der Waals surface area contributed by atoms with Crippen LogP contribution < -0.4 is 0 Å². The second-order valence-corrected chi connectivity index (χ2v) is 17.6. The fourth-order valence-corrected chi connectivity index (χ4v) is 10.3. The van der Waals surface area contributed by atoms with E-state index in [9.17, 15) is 0 Å². The van der Waals surface area contributed by atoms with Crippen LogP contribution in [-0.4, -0.2) is 19.5 Å². The summed E-state index contributed by atoms with van der Waals surface area (Å²) in [4.78, 5) is 15.4. The lowest BCUT2D eigenvalue weighted by atomic mass is 9.82. The zero-order valence-electron chi connectivity index (χ0n) is 35.8. The van der Waals surface area contributed by atoms with Crippen LogP contribution in [0.15, 0.2) is 211 Å². The van der Waals surface area contributed by atoms with Gasteiger partial charge >= 0.3 is 0 Å². The molecule has 0 saturated heterocycles. The first-order chi connectivity index (χ1) is 32.0. The van der Waals surface area contributed by atoms with Crippen LogP contribution in [0.25, 0.3) is 117 Å². The van der Waals surface area contributed by atoms with Crippen LogP contribution >= 0.6 is 0 Å². The van der Waals surface area contributed by atoms with Crippen molar-refractivity contribution in [2.75, 3.05) is 0 Å². The molecule has 65 heavy (non-hydrogen) atoms. The molecule has 3 aromatic heterocycles. The number of benzene rings is 9. The van der Waals surface area contributed by atoms with Gasteiger partial charge in [-0.3, -0.25) is 0 Å². The Hall–Kier alpha value is -8.41. The van der Waals surface area contributed by atoms with E-state index in [0.717, 1.165) is 66.5 Å². The minimum Gasteiger partial charge on any atom is -0.456 e. The second kappa shape index (κ2) is 14.3. The smallest absolute Gasteiger partial charge is 0.164 e. The molecule has 0 spiro atoms. The predicted molar refractivity (Wildman–Crippen MR) is 266 cm³/mol. The van der Waals surface area contributed by atoms with E-state index in [1.54, 1.807) is 0 Å². The maximum Gasteiger partial charge on any atom is 0.164 e. The van der Waals surface area contributed by atoms with Crippen LogP contribution in [0.5, 0.6) is 0 Å². The van der Waals surface area contributed by atoms with Crippen molar-refractivity contribution in [3.63, 3.8) is 0 Å². The normalized spacial score (nSPS) is 12.9. The second-order valence-electron chi connectivity index (χ2n) is 17.6. The lowest BCUT2D eigenvalue weighted by Gasteiger charge is -2.21. The van der Waals surface area contributed by atoms with Crippen molar-refractivity contribution < 1.29 is 4.42 Å². The highest BCUT2D eigenvalue weighted by Crippen LogP contribution is 2.50. The zero-order valence-corrected chi connectivity index (χ0v) is 35.8. The molecule has 1 aliphatic rings. The average molecular weight is 833 g/mol. The number of furan rings is 1. The van der Waals surface area contributed by atoms with Crippen LogP contribution in [0.3, 0.4) is 0 Å². The summed E-state index contributed by atoms with van der Waals surface area (Å²) >= 11 is 0. The molecule has 0 unspecified atom stereocenters. The van der Waals surface area contributed by atoms with E-state index >= 15 is 0 Å². The van der Waals surface area contributed by atoms with Crippen molar-refractivity contribution in [1.29, 1.82) is 0 Å². The molecule has 0 aliphatic heterocycles. The lowest BCUT2D eigenvalue weighted by molar-refractivity contribution is 0.660. The number of hydrogen-bond donors (Lipinski definition) is 0. The fourth-order valence-electron chi connectivity index (χ4n) is 10.3. The lowest BCUT2D eigenvalue weighted by Crippen LogP contribution is -2.14. The van der Waals surface area contributed by atoms with Crippen LogP contribution in [-0.2, 0) is 5.41 Å². The maximum absolute atomic E-state index is 6.30. The van der Waals surface area contributed by atoms with Crippen LogP contribution in [0.2, 0.25) is 0 Å². The molecule has 5 nitrogen and oxygen atoms in total. The van der Waals surface area contributed by atoms with Crippen molar-refractivity contribution in [1.82, 2.24) is 19.5 Å². The third-order valence-corrected chi connectivity index (χ3v) is 13.5. The van der Waals surface area contributed by atoms with E-state index in [-0.39, 0.29) is 5.41 Å². The van der Waals surface area contributed by atoms with Crippen molar-refractivity contribution in [2.24, 2.45) is 0 Å². The molecule has 9 aromatic carbocycles. The Morgan fingerprint density at radius 3 is 1.83 bits per heavy atom. The van der Waals surface area contributed by atoms with E-state index in [1.165, 1.54) is 44.2 Å². The van der Waals surface area contributed by atoms with E-state index in [2.05, 4.69) is 170 Å². The van der Waals surface area contributed by atoms with Gasteiger partial charge in [0.1, 0.15) is 11.2 Å². The van der Waals surface area contributed by atoms with Gasteiger partial charge in [0.05, 0.1) is 11.0 Å². The number of hydrogen-bond acceptors (Lipinski definition) is 4. The van der Waals surface area contributed by atoms with Crippen LogP contribution in [0, 0.1) is 0 Å². The van der Waals surface area contributed by atoms with Gasteiger partial charge in [0.25, 0.3) is 0 Å². The SMILES string of the molecule is CC1(C)c2ccccc2-c2cc(-c3cccc(-c4cccc5c6ccccc6n(-c6cccc(-c7nc(-c8ccccc8)nc(-c8ccc9c(c8)oc8ccccc89)n7)c6)c45)c3)ccc21. The number of rotatable bonds is 6. The third-order valence-electron chi connectivity index (χ3n) is 13.5. The van der Waals surface area contributed by atoms with Crippen molar-refractivity contribution in [2.45, 2.75) is 19.3 Å². The average Bonchev–Trinajstić information content (AvgIpc) is 3.99. The molecule has 0 atom stereocenters. The quantitative estimate of drug-likeness (QED) is 0.167. The number of nitrogens with zero attached hydrogens (tertiary/aromatic N) is 4. The standard InChI is InChI=1S/C60H40N4O/c1-60(2)51-26-9-6-21-45(51)50-35-39(30-32-52(50)60)38-17-12-18-40(33-38)44-24-14-25-49-46-22-7-10-27-53(46)64(56(44)49)43-20-13-19-41(34-43)58-61-57(37-15-4-3-5-16-37)62-59(63-58)42-29-31-48-47-23-8-11-28-54(47)65-55(48)36-42/h3-36H,1-2H3. The molecule has 0 saturated carbocycles. The maximum atomic E-state index is 6.30. The van der Waals surface area contributed by atoms with Crippen molar-refractivity contribution in [3.05, 3.63) is 217 Å². The molecule has 0 bridgehead atoms. The van der Waals surface area contributed by atoms with Crippen molar-refractivity contribution >= 4 is 43.7 Å². The first-order valence-electron chi connectivity index (χ1n) is 22.2. The number of aromatic nitrogens is 4. The highest BCUT2D eigenvalue weighted by Gasteiger charge is 2.35. The first kappa shape index (κ1) is 37.2. The Balaban J connectivity index is 0.956. The summed E-state index contributed by atoms with van der Waals surface area (Å²) in [6.45, 7) is 4.67. The summed E-state index contributed by atoms with van der Waals surface area (Å²) in [5, 5.41) is 4.54. The van der Waals surface area contributed by atoms with Gasteiger partial charge in [-0.25, -0.2) is 15.0 Å². The molecule has 12 aromatic rings. The molecule has 1 aliphatic carbocycles. The van der Waals surface area contributed by atoms with E-state index in [4.69, 9.17) is 19.4 Å². The molecule has 0 N–H and O–H groups in total. The largest absolute Gasteiger partial charge is 0.456 e. The van der Waals surface area contributed by atoms with Gasteiger partial charge in [0.2, 0.25) is 0 Å². The molecule has 0 radical (unpaired) electrons. The minimum atomic E-state index is -0.0339. The van der Waals surface area contributed by atoms with Gasteiger partial charge in [-0.05, 0) is 87.5 Å². The summed E-state index contributed by atoms with van der Waals surface area (Å²) in [6, 6.07) is 73.3. The molecule has 306 valence electrons. The number of para-hydroxylation sites is 3. The molecule has 13 rings (SSSR count). The molecular weight excluding hydrogens is 793 g/mol. The topological polar surface area (TPSA) is 56.7 Å². The monoisotopic (exact) mass is 832 g/mol. The minimum absolute atomic E-state index is 0.0339. The molecule has 5 heteroatoms. The highest BCUT2D eigenvalue weighted by atomic mass is 16.3. The van der Waals surface area contributed by atoms with E-state index in [0.29, 0.717) is 17.5 Å². The van der Waals surface area contributed by atoms with Crippen LogP contribution in [0.4, 0.5) is 0 Å². The third kappa shape index (κ3) is 5.89. The summed E-state index contributed by atoms with van der Waals surface area (Å²) < 4.78 is 8.71. The Labute approximate surface area is 376 Å². The molecular formula is C60H40N4O.